The molecule has 0 radical (unpaired) electrons. The fourth-order valence-electron chi connectivity index (χ4n) is 3.77. The van der Waals surface area contributed by atoms with E-state index in [1.165, 1.54) is 0 Å². The predicted octanol–water partition coefficient (Wildman–Crippen LogP) is 3.09. The molecule has 1 aliphatic heterocycles. The van der Waals surface area contributed by atoms with E-state index in [1.54, 1.807) is 0 Å². The minimum absolute atomic E-state index is 0.0566. The molecular formula is C22H23N3O3. The second-order valence-corrected chi connectivity index (χ2v) is 6.91. The Kier molecular flexibility index (Phi) is 5.12. The number of fused-ring (bicyclic) bond motifs is 1. The molecule has 6 heteroatoms. The molecule has 0 aliphatic carbocycles. The van der Waals surface area contributed by atoms with Crippen LogP contribution in [0.4, 0.5) is 5.82 Å². The number of hydrogen-bond acceptors (Lipinski definition) is 4. The summed E-state index contributed by atoms with van der Waals surface area (Å²) in [5.74, 6) is 1.12. The van der Waals surface area contributed by atoms with E-state index in [0.29, 0.717) is 24.5 Å². The molecule has 0 saturated heterocycles. The van der Waals surface area contributed by atoms with Gasteiger partial charge in [0.1, 0.15) is 12.4 Å². The van der Waals surface area contributed by atoms with E-state index in [2.05, 4.69) is 22.5 Å². The summed E-state index contributed by atoms with van der Waals surface area (Å²) in [6, 6.07) is 17.8. The van der Waals surface area contributed by atoms with Crippen LogP contribution in [0.3, 0.4) is 0 Å². The summed E-state index contributed by atoms with van der Waals surface area (Å²) in [5.41, 5.74) is 4.14. The largest absolute Gasteiger partial charge is 0.491 e. The van der Waals surface area contributed by atoms with E-state index in [4.69, 9.17) is 9.84 Å². The van der Waals surface area contributed by atoms with Crippen molar-refractivity contribution in [1.82, 2.24) is 9.78 Å². The molecule has 2 N–H and O–H groups in total. The van der Waals surface area contributed by atoms with Gasteiger partial charge in [0.15, 0.2) is 5.82 Å². The number of ether oxygens (including phenoxy) is 1. The van der Waals surface area contributed by atoms with Gasteiger partial charge in [-0.2, -0.15) is 5.10 Å². The Morgan fingerprint density at radius 2 is 1.93 bits per heavy atom. The van der Waals surface area contributed by atoms with E-state index in [-0.39, 0.29) is 25.0 Å². The van der Waals surface area contributed by atoms with Crippen LogP contribution >= 0.6 is 0 Å². The first-order valence-electron chi connectivity index (χ1n) is 9.41. The molecule has 0 fully saturated rings. The van der Waals surface area contributed by atoms with Gasteiger partial charge in [0, 0.05) is 29.2 Å². The van der Waals surface area contributed by atoms with E-state index >= 15 is 0 Å². The van der Waals surface area contributed by atoms with Crippen LogP contribution in [-0.4, -0.2) is 34.0 Å². The first-order chi connectivity index (χ1) is 13.7. The molecular weight excluding hydrogens is 354 g/mol. The molecule has 28 heavy (non-hydrogen) atoms. The molecule has 3 aromatic rings. The number of nitrogens with zero attached hydrogens (tertiary/aromatic N) is 2. The van der Waals surface area contributed by atoms with Crippen molar-refractivity contribution < 1.29 is 14.6 Å². The standard InChI is InChI=1S/C22H23N3O3/c1-15-21-18(17-9-5-6-10-19(17)28-12-11-26)13-20(27)23-22(21)24-25(15)14-16-7-3-2-4-8-16/h2-10,18,26H,11-14H2,1H3,(H,23,24,27). The van der Waals surface area contributed by atoms with Crippen LogP contribution in [0.1, 0.15) is 34.7 Å². The summed E-state index contributed by atoms with van der Waals surface area (Å²) in [6.07, 6.45) is 0.338. The van der Waals surface area contributed by atoms with Crippen molar-refractivity contribution in [2.45, 2.75) is 25.8 Å². The van der Waals surface area contributed by atoms with Crippen molar-refractivity contribution in [3.05, 3.63) is 77.0 Å². The molecule has 2 aromatic carbocycles. The Morgan fingerprint density at radius 3 is 2.71 bits per heavy atom. The third-order valence-electron chi connectivity index (χ3n) is 5.07. The Labute approximate surface area is 163 Å². The van der Waals surface area contributed by atoms with Gasteiger partial charge in [0.05, 0.1) is 13.2 Å². The van der Waals surface area contributed by atoms with Crippen LogP contribution in [0.5, 0.6) is 5.75 Å². The lowest BCUT2D eigenvalue weighted by atomic mass is 9.85. The van der Waals surface area contributed by atoms with Crippen LogP contribution in [-0.2, 0) is 11.3 Å². The van der Waals surface area contributed by atoms with Gasteiger partial charge in [0.2, 0.25) is 5.91 Å². The zero-order valence-corrected chi connectivity index (χ0v) is 15.8. The molecule has 1 amide bonds. The predicted molar refractivity (Wildman–Crippen MR) is 107 cm³/mol. The summed E-state index contributed by atoms with van der Waals surface area (Å²) in [4.78, 5) is 12.4. The summed E-state index contributed by atoms with van der Waals surface area (Å²) < 4.78 is 7.66. The molecule has 2 heterocycles. The fraction of sp³-hybridized carbons (Fsp3) is 0.273. The van der Waals surface area contributed by atoms with Gasteiger partial charge in [-0.15, -0.1) is 0 Å². The van der Waals surface area contributed by atoms with Crippen LogP contribution in [0.25, 0.3) is 0 Å². The fourth-order valence-corrected chi connectivity index (χ4v) is 3.77. The molecule has 0 spiro atoms. The molecule has 1 aromatic heterocycles. The van der Waals surface area contributed by atoms with Crippen molar-refractivity contribution >= 4 is 11.7 Å². The van der Waals surface area contributed by atoms with Gasteiger partial charge in [-0.1, -0.05) is 48.5 Å². The minimum Gasteiger partial charge on any atom is -0.491 e. The highest BCUT2D eigenvalue weighted by atomic mass is 16.5. The average molecular weight is 377 g/mol. The van der Waals surface area contributed by atoms with Crippen LogP contribution in [0.2, 0.25) is 0 Å². The van der Waals surface area contributed by atoms with E-state index in [0.717, 1.165) is 22.4 Å². The van der Waals surface area contributed by atoms with Crippen molar-refractivity contribution in [2.24, 2.45) is 0 Å². The number of anilines is 1. The first kappa shape index (κ1) is 18.3. The molecule has 1 unspecified atom stereocenters. The molecule has 6 nitrogen and oxygen atoms in total. The van der Waals surface area contributed by atoms with Gasteiger partial charge in [0.25, 0.3) is 0 Å². The van der Waals surface area contributed by atoms with Crippen molar-refractivity contribution in [2.75, 3.05) is 18.5 Å². The van der Waals surface area contributed by atoms with E-state index < -0.39 is 0 Å². The Balaban J connectivity index is 1.74. The maximum Gasteiger partial charge on any atom is 0.226 e. The summed E-state index contributed by atoms with van der Waals surface area (Å²) in [5, 5.41) is 16.7. The second-order valence-electron chi connectivity index (χ2n) is 6.91. The number of carbonyl (C=O) groups is 1. The Hall–Kier alpha value is -3.12. The number of carbonyl (C=O) groups excluding carboxylic acids is 1. The van der Waals surface area contributed by atoms with Crippen molar-refractivity contribution in [3.8, 4) is 5.75 Å². The zero-order chi connectivity index (χ0) is 19.5. The maximum atomic E-state index is 12.4. The van der Waals surface area contributed by atoms with Gasteiger partial charge in [-0.25, -0.2) is 0 Å². The van der Waals surface area contributed by atoms with Gasteiger partial charge >= 0.3 is 0 Å². The van der Waals surface area contributed by atoms with Crippen LogP contribution < -0.4 is 10.1 Å². The Bertz CT molecular complexity index is 982. The first-order valence-corrected chi connectivity index (χ1v) is 9.41. The number of hydrogen-bond donors (Lipinski definition) is 2. The number of nitrogens with one attached hydrogen (secondary N) is 1. The number of rotatable bonds is 6. The van der Waals surface area contributed by atoms with Crippen LogP contribution in [0, 0.1) is 6.92 Å². The van der Waals surface area contributed by atoms with Crippen LogP contribution in [0.15, 0.2) is 54.6 Å². The summed E-state index contributed by atoms with van der Waals surface area (Å²) >= 11 is 0. The maximum absolute atomic E-state index is 12.4. The lowest BCUT2D eigenvalue weighted by molar-refractivity contribution is -0.116. The third-order valence-corrected chi connectivity index (χ3v) is 5.07. The monoisotopic (exact) mass is 377 g/mol. The van der Waals surface area contributed by atoms with Gasteiger partial charge in [-0.05, 0) is 18.6 Å². The minimum atomic E-state index is -0.136. The number of amides is 1. The van der Waals surface area contributed by atoms with E-state index in [1.807, 2.05) is 54.1 Å². The molecule has 4 rings (SSSR count). The van der Waals surface area contributed by atoms with E-state index in [9.17, 15) is 4.79 Å². The number of aromatic nitrogens is 2. The Morgan fingerprint density at radius 1 is 1.18 bits per heavy atom. The molecule has 0 saturated carbocycles. The molecule has 0 bridgehead atoms. The zero-order valence-electron chi connectivity index (χ0n) is 15.8. The lowest BCUT2D eigenvalue weighted by Crippen LogP contribution is -2.24. The quantitative estimate of drug-likeness (QED) is 0.692. The van der Waals surface area contributed by atoms with Crippen molar-refractivity contribution in [1.29, 1.82) is 0 Å². The van der Waals surface area contributed by atoms with Crippen molar-refractivity contribution in [3.63, 3.8) is 0 Å². The summed E-state index contributed by atoms with van der Waals surface area (Å²) in [7, 11) is 0. The highest BCUT2D eigenvalue weighted by Crippen LogP contribution is 2.42. The number of aliphatic hydroxyl groups excluding tert-OH is 1. The number of aliphatic hydroxyl groups is 1. The normalized spacial score (nSPS) is 15.8. The number of benzene rings is 2. The molecule has 144 valence electrons. The van der Waals surface area contributed by atoms with Gasteiger partial charge in [-0.3, -0.25) is 9.48 Å². The summed E-state index contributed by atoms with van der Waals surface area (Å²) in [6.45, 7) is 2.84. The third kappa shape index (κ3) is 3.51. The highest BCUT2D eigenvalue weighted by Gasteiger charge is 2.33. The SMILES string of the molecule is Cc1c2c(nn1Cc1ccccc1)NC(=O)CC2c1ccccc1OCCO. The smallest absolute Gasteiger partial charge is 0.226 e. The topological polar surface area (TPSA) is 76.4 Å². The molecule has 1 atom stereocenters. The highest BCUT2D eigenvalue weighted by molar-refractivity contribution is 5.94. The lowest BCUT2D eigenvalue weighted by Gasteiger charge is -2.24. The average Bonchev–Trinajstić information content (AvgIpc) is 3.02. The van der Waals surface area contributed by atoms with Gasteiger partial charge < -0.3 is 15.2 Å². The second kappa shape index (κ2) is 7.86. The number of para-hydroxylation sites is 1. The molecule has 1 aliphatic rings.